The molecule has 47 heavy (non-hydrogen) atoms. The molecule has 252 valence electrons. The molecule has 1 fully saturated rings. The van der Waals surface area contributed by atoms with Crippen molar-refractivity contribution in [2.75, 3.05) is 72.5 Å². The number of aryl methyl sites for hydroxylation is 1. The number of hydrogen-bond donors (Lipinski definition) is 0. The number of rotatable bonds is 15. The van der Waals surface area contributed by atoms with Gasteiger partial charge in [0, 0.05) is 63.1 Å². The van der Waals surface area contributed by atoms with E-state index in [9.17, 15) is 4.79 Å². The molecule has 1 saturated heterocycles. The third-order valence-corrected chi connectivity index (χ3v) is 9.14. The maximum Gasteiger partial charge on any atom is 0.253 e. The van der Waals surface area contributed by atoms with Gasteiger partial charge in [0.05, 0.1) is 32.4 Å². The number of anilines is 1. The highest BCUT2D eigenvalue weighted by atomic mass is 16.5. The van der Waals surface area contributed by atoms with Gasteiger partial charge in [-0.3, -0.25) is 9.78 Å². The summed E-state index contributed by atoms with van der Waals surface area (Å²) in [5.74, 6) is 2.44. The number of aromatic nitrogens is 3. The van der Waals surface area contributed by atoms with Crippen molar-refractivity contribution in [2.24, 2.45) is 0 Å². The van der Waals surface area contributed by atoms with Crippen molar-refractivity contribution in [1.82, 2.24) is 24.3 Å². The number of benzene rings is 2. The molecule has 10 nitrogen and oxygen atoms in total. The number of pyridine rings is 1. The van der Waals surface area contributed by atoms with Gasteiger partial charge in [-0.15, -0.1) is 0 Å². The molecule has 4 aromatic rings. The molecule has 1 atom stereocenters. The number of methoxy groups -OCH3 is 3. The summed E-state index contributed by atoms with van der Waals surface area (Å²) < 4.78 is 18.9. The molecule has 0 aliphatic carbocycles. The van der Waals surface area contributed by atoms with E-state index in [4.69, 9.17) is 24.2 Å². The zero-order chi connectivity index (χ0) is 33.2. The van der Waals surface area contributed by atoms with Gasteiger partial charge in [-0.2, -0.15) is 0 Å². The Hall–Kier alpha value is -4.31. The number of carbonyl (C=O) groups is 1. The third-order valence-electron chi connectivity index (χ3n) is 9.14. The minimum atomic E-state index is -0.113. The van der Waals surface area contributed by atoms with Crippen molar-refractivity contribution in [3.8, 4) is 17.2 Å². The molecule has 1 unspecified atom stereocenters. The number of likely N-dealkylation sites (N-methyl/N-ethyl adjacent to an activating group) is 1. The lowest BCUT2D eigenvalue weighted by Gasteiger charge is -2.27. The maximum atomic E-state index is 13.7. The Morgan fingerprint density at radius 3 is 2.38 bits per heavy atom. The lowest BCUT2D eigenvalue weighted by molar-refractivity contribution is 0.0781. The summed E-state index contributed by atoms with van der Waals surface area (Å²) in [6.07, 6.45) is 7.38. The Morgan fingerprint density at radius 1 is 0.915 bits per heavy atom. The first-order chi connectivity index (χ1) is 23.0. The highest BCUT2D eigenvalue weighted by Gasteiger charge is 2.25. The van der Waals surface area contributed by atoms with Crippen LogP contribution in [0.25, 0.3) is 11.0 Å². The zero-order valence-electron chi connectivity index (χ0n) is 28.7. The van der Waals surface area contributed by atoms with Gasteiger partial charge in [-0.25, -0.2) is 4.98 Å². The predicted octanol–water partition coefficient (Wildman–Crippen LogP) is 6.11. The zero-order valence-corrected chi connectivity index (χ0v) is 28.7. The third kappa shape index (κ3) is 8.16. The second-order valence-electron chi connectivity index (χ2n) is 12.3. The minimum Gasteiger partial charge on any atom is -0.493 e. The molecule has 2 aromatic heterocycles. The van der Waals surface area contributed by atoms with Crippen LogP contribution in [0.1, 0.15) is 61.0 Å². The molecule has 1 aliphatic heterocycles. The molecular formula is C37H50N6O4. The van der Waals surface area contributed by atoms with E-state index in [1.54, 1.807) is 38.4 Å². The summed E-state index contributed by atoms with van der Waals surface area (Å²) >= 11 is 0. The molecule has 2 aromatic carbocycles. The second-order valence-corrected chi connectivity index (χ2v) is 12.3. The van der Waals surface area contributed by atoms with Gasteiger partial charge in [-0.1, -0.05) is 38.0 Å². The van der Waals surface area contributed by atoms with Crippen LogP contribution >= 0.6 is 0 Å². The number of unbranched alkanes of at least 4 members (excludes halogenated alkanes) is 2. The fourth-order valence-electron chi connectivity index (χ4n) is 6.57. The van der Waals surface area contributed by atoms with Crippen LogP contribution in [-0.4, -0.2) is 97.9 Å². The van der Waals surface area contributed by atoms with Gasteiger partial charge in [0.1, 0.15) is 0 Å². The van der Waals surface area contributed by atoms with Gasteiger partial charge < -0.3 is 33.5 Å². The number of ether oxygens (including phenoxy) is 3. The van der Waals surface area contributed by atoms with Crippen LogP contribution in [0.5, 0.6) is 17.2 Å². The Morgan fingerprint density at radius 2 is 1.68 bits per heavy atom. The summed E-state index contributed by atoms with van der Waals surface area (Å²) in [5, 5.41) is 0. The van der Waals surface area contributed by atoms with Gasteiger partial charge in [0.2, 0.25) is 11.7 Å². The largest absolute Gasteiger partial charge is 0.493 e. The van der Waals surface area contributed by atoms with Crippen molar-refractivity contribution >= 4 is 22.9 Å². The average molecular weight is 643 g/mol. The van der Waals surface area contributed by atoms with E-state index in [1.807, 2.05) is 25.4 Å². The molecule has 1 amide bonds. The summed E-state index contributed by atoms with van der Waals surface area (Å²) in [6.45, 7) is 8.63. The number of amides is 1. The van der Waals surface area contributed by atoms with Crippen molar-refractivity contribution in [3.05, 3.63) is 72.1 Å². The van der Waals surface area contributed by atoms with E-state index in [1.165, 1.54) is 18.4 Å². The number of carbonyl (C=O) groups excluding carboxylic acids is 1. The van der Waals surface area contributed by atoms with Crippen LogP contribution in [-0.2, 0) is 6.54 Å². The Bertz CT molecular complexity index is 1570. The van der Waals surface area contributed by atoms with Crippen molar-refractivity contribution in [3.63, 3.8) is 0 Å². The summed E-state index contributed by atoms with van der Waals surface area (Å²) in [6, 6.07) is 17.9. The molecule has 0 radical (unpaired) electrons. The fraction of sp³-hybridized carbons (Fsp3) is 0.486. The van der Waals surface area contributed by atoms with Crippen LogP contribution < -0.4 is 19.1 Å². The smallest absolute Gasteiger partial charge is 0.253 e. The lowest BCUT2D eigenvalue weighted by Crippen LogP contribution is -2.35. The maximum absolute atomic E-state index is 13.7. The SMILES string of the molecule is CCCCCn1c(N2CCCN(CCC(CN(C)C(=O)c3cc(OC)c(OC)c(OC)c3)c3ccccn3)CC2)nc2ccccc21. The van der Waals surface area contributed by atoms with Crippen LogP contribution in [0.2, 0.25) is 0 Å². The summed E-state index contributed by atoms with van der Waals surface area (Å²) in [4.78, 5) is 30.3. The van der Waals surface area contributed by atoms with E-state index < -0.39 is 0 Å². The van der Waals surface area contributed by atoms with E-state index in [-0.39, 0.29) is 11.8 Å². The Kier molecular flexibility index (Phi) is 11.9. The quantitative estimate of drug-likeness (QED) is 0.144. The highest BCUT2D eigenvalue weighted by molar-refractivity contribution is 5.95. The second kappa shape index (κ2) is 16.5. The molecule has 0 spiro atoms. The minimum absolute atomic E-state index is 0.0781. The predicted molar refractivity (Wildman–Crippen MR) is 187 cm³/mol. The van der Waals surface area contributed by atoms with E-state index in [2.05, 4.69) is 51.6 Å². The molecular weight excluding hydrogens is 592 g/mol. The first-order valence-electron chi connectivity index (χ1n) is 16.9. The first kappa shape index (κ1) is 34.0. The van der Waals surface area contributed by atoms with E-state index in [0.29, 0.717) is 29.4 Å². The topological polar surface area (TPSA) is 85.2 Å². The van der Waals surface area contributed by atoms with Gasteiger partial charge in [0.15, 0.2) is 11.5 Å². The van der Waals surface area contributed by atoms with Gasteiger partial charge in [0.25, 0.3) is 5.91 Å². The molecule has 0 saturated carbocycles. The number of hydrogen-bond acceptors (Lipinski definition) is 8. The first-order valence-corrected chi connectivity index (χ1v) is 16.9. The number of para-hydroxylation sites is 2. The molecule has 1 aliphatic rings. The van der Waals surface area contributed by atoms with Crippen LogP contribution in [0.15, 0.2) is 60.8 Å². The van der Waals surface area contributed by atoms with E-state index >= 15 is 0 Å². The molecule has 0 N–H and O–H groups in total. The van der Waals surface area contributed by atoms with Crippen LogP contribution in [0, 0.1) is 0 Å². The van der Waals surface area contributed by atoms with Crippen LogP contribution in [0.3, 0.4) is 0 Å². The van der Waals surface area contributed by atoms with Crippen LogP contribution in [0.4, 0.5) is 5.95 Å². The highest BCUT2D eigenvalue weighted by Crippen LogP contribution is 2.38. The van der Waals surface area contributed by atoms with Crippen molar-refractivity contribution in [1.29, 1.82) is 0 Å². The molecule has 10 heteroatoms. The van der Waals surface area contributed by atoms with Gasteiger partial charge >= 0.3 is 0 Å². The fourth-order valence-corrected chi connectivity index (χ4v) is 6.57. The average Bonchev–Trinajstić information content (AvgIpc) is 3.31. The molecule has 3 heterocycles. The Labute approximate surface area is 279 Å². The standard InChI is InChI=1S/C37H50N6O4/c1-6-7-12-21-43-32-16-9-8-15-31(32)39-37(43)42-20-13-19-41(23-24-42)22-17-28(30-14-10-11-18-38-30)27-40(2)36(44)29-25-33(45-3)35(47-5)34(26-29)46-4/h8-11,14-16,18,25-26,28H,6-7,12-13,17,19-24,27H2,1-5H3. The normalized spacial score (nSPS) is 14.5. The molecule has 5 rings (SSSR count). The number of nitrogens with zero attached hydrogens (tertiary/aromatic N) is 6. The van der Waals surface area contributed by atoms with Gasteiger partial charge in [-0.05, 0) is 68.8 Å². The van der Waals surface area contributed by atoms with Crippen molar-refractivity contribution < 1.29 is 19.0 Å². The number of imidazole rings is 1. The number of fused-ring (bicyclic) bond motifs is 1. The molecule has 0 bridgehead atoms. The van der Waals surface area contributed by atoms with E-state index in [0.717, 1.165) is 75.7 Å². The monoisotopic (exact) mass is 642 g/mol. The summed E-state index contributed by atoms with van der Waals surface area (Å²) in [5.41, 5.74) is 3.77. The lowest BCUT2D eigenvalue weighted by atomic mass is 9.99. The Balaban J connectivity index is 1.26. The summed E-state index contributed by atoms with van der Waals surface area (Å²) in [7, 11) is 6.51. The van der Waals surface area contributed by atoms with Crippen molar-refractivity contribution in [2.45, 2.75) is 51.5 Å².